The Morgan fingerprint density at radius 3 is 2.33 bits per heavy atom. The largest absolute Gasteiger partial charge is 0.484 e. The van der Waals surface area contributed by atoms with Crippen LogP contribution in [-0.4, -0.2) is 12.4 Å². The third-order valence-electron chi connectivity index (χ3n) is 2.36. The summed E-state index contributed by atoms with van der Waals surface area (Å²) in [6.07, 6.45) is 0. The highest BCUT2D eigenvalue weighted by atomic mass is 35.5. The van der Waals surface area contributed by atoms with Crippen LogP contribution in [-0.2, 0) is 0 Å². The molecular weight excluding hydrogens is 271 g/mol. The summed E-state index contributed by atoms with van der Waals surface area (Å²) in [6, 6.07) is 13.7. The van der Waals surface area contributed by atoms with Gasteiger partial charge in [-0.1, -0.05) is 35.3 Å². The van der Waals surface area contributed by atoms with Crippen LogP contribution in [0.3, 0.4) is 0 Å². The fraction of sp³-hybridized carbons (Fsp3) is 0.0714. The van der Waals surface area contributed by atoms with E-state index in [4.69, 9.17) is 27.9 Å². The van der Waals surface area contributed by atoms with Gasteiger partial charge in [0.25, 0.3) is 0 Å². The number of ether oxygens (including phenoxy) is 1. The highest BCUT2D eigenvalue weighted by Crippen LogP contribution is 2.23. The fourth-order valence-electron chi connectivity index (χ4n) is 1.42. The Kier molecular flexibility index (Phi) is 4.24. The lowest BCUT2D eigenvalue weighted by Crippen LogP contribution is -2.11. The van der Waals surface area contributed by atoms with Gasteiger partial charge in [0, 0.05) is 10.6 Å². The van der Waals surface area contributed by atoms with Crippen molar-refractivity contribution in [3.8, 4) is 5.75 Å². The average Bonchev–Trinajstić information content (AvgIpc) is 2.38. The van der Waals surface area contributed by atoms with E-state index in [1.165, 1.54) is 0 Å². The number of carbonyl (C=O) groups is 1. The van der Waals surface area contributed by atoms with Crippen molar-refractivity contribution in [2.45, 2.75) is 0 Å². The molecule has 0 unspecified atom stereocenters. The summed E-state index contributed by atoms with van der Waals surface area (Å²) in [5.41, 5.74) is 0.562. The molecule has 0 amide bonds. The fourth-order valence-corrected chi connectivity index (χ4v) is 1.74. The van der Waals surface area contributed by atoms with Crippen LogP contribution in [0.1, 0.15) is 10.4 Å². The monoisotopic (exact) mass is 280 g/mol. The van der Waals surface area contributed by atoms with Gasteiger partial charge in [-0.25, -0.2) is 0 Å². The molecule has 0 radical (unpaired) electrons. The third kappa shape index (κ3) is 3.25. The number of rotatable bonds is 4. The summed E-state index contributed by atoms with van der Waals surface area (Å²) in [6.45, 7) is -0.0502. The zero-order valence-corrected chi connectivity index (χ0v) is 10.9. The molecule has 0 heterocycles. The van der Waals surface area contributed by atoms with E-state index in [2.05, 4.69) is 0 Å². The van der Waals surface area contributed by atoms with Gasteiger partial charge in [-0.15, -0.1) is 0 Å². The number of benzene rings is 2. The molecule has 2 aromatic carbocycles. The van der Waals surface area contributed by atoms with Gasteiger partial charge >= 0.3 is 0 Å². The summed E-state index contributed by atoms with van der Waals surface area (Å²) < 4.78 is 5.37. The lowest BCUT2D eigenvalue weighted by molar-refractivity contribution is 0.0921. The minimum atomic E-state index is -0.119. The SMILES string of the molecule is O=C(COc1ccccc1Cl)c1ccc(Cl)cc1. The van der Waals surface area contributed by atoms with Crippen molar-refractivity contribution < 1.29 is 9.53 Å². The molecule has 2 aromatic rings. The molecule has 0 aliphatic rings. The quantitative estimate of drug-likeness (QED) is 0.783. The van der Waals surface area contributed by atoms with E-state index >= 15 is 0 Å². The molecule has 92 valence electrons. The van der Waals surface area contributed by atoms with Crippen LogP contribution in [0.25, 0.3) is 0 Å². The number of Topliss-reactive ketones (excluding diaryl/α,β-unsaturated/α-hetero) is 1. The normalized spacial score (nSPS) is 10.1. The van der Waals surface area contributed by atoms with Crippen molar-refractivity contribution in [2.24, 2.45) is 0 Å². The minimum Gasteiger partial charge on any atom is -0.484 e. The number of hydrogen-bond acceptors (Lipinski definition) is 2. The minimum absolute atomic E-state index is 0.0502. The zero-order valence-electron chi connectivity index (χ0n) is 9.40. The Morgan fingerprint density at radius 1 is 1.00 bits per heavy atom. The molecule has 0 fully saturated rings. The second-order valence-electron chi connectivity index (χ2n) is 3.65. The Bertz CT molecular complexity index is 550. The molecule has 0 saturated carbocycles. The number of hydrogen-bond donors (Lipinski definition) is 0. The molecule has 0 aliphatic heterocycles. The van der Waals surface area contributed by atoms with Crippen molar-refractivity contribution >= 4 is 29.0 Å². The van der Waals surface area contributed by atoms with E-state index < -0.39 is 0 Å². The van der Waals surface area contributed by atoms with Crippen LogP contribution in [0, 0.1) is 0 Å². The first kappa shape index (κ1) is 12.9. The Balaban J connectivity index is 2.01. The van der Waals surface area contributed by atoms with Crippen LogP contribution < -0.4 is 4.74 Å². The van der Waals surface area contributed by atoms with Crippen molar-refractivity contribution in [1.29, 1.82) is 0 Å². The number of para-hydroxylation sites is 1. The van der Waals surface area contributed by atoms with E-state index in [0.29, 0.717) is 21.4 Å². The number of halogens is 2. The number of carbonyl (C=O) groups excluding carboxylic acids is 1. The van der Waals surface area contributed by atoms with Crippen molar-refractivity contribution in [2.75, 3.05) is 6.61 Å². The lowest BCUT2D eigenvalue weighted by Gasteiger charge is -2.07. The van der Waals surface area contributed by atoms with Gasteiger partial charge < -0.3 is 4.74 Å². The highest BCUT2D eigenvalue weighted by molar-refractivity contribution is 6.32. The summed E-state index contributed by atoms with van der Waals surface area (Å²) in [5, 5.41) is 1.08. The van der Waals surface area contributed by atoms with Crippen LogP contribution in [0.2, 0.25) is 10.0 Å². The maximum Gasteiger partial charge on any atom is 0.200 e. The molecule has 0 bridgehead atoms. The van der Waals surface area contributed by atoms with Gasteiger partial charge in [-0.05, 0) is 36.4 Å². The lowest BCUT2D eigenvalue weighted by atomic mass is 10.1. The summed E-state index contributed by atoms with van der Waals surface area (Å²) in [5.74, 6) is 0.382. The Labute approximate surface area is 115 Å². The zero-order chi connectivity index (χ0) is 13.0. The first-order valence-electron chi connectivity index (χ1n) is 5.33. The number of ketones is 1. The first-order chi connectivity index (χ1) is 8.66. The smallest absolute Gasteiger partial charge is 0.200 e. The van der Waals surface area contributed by atoms with Crippen molar-refractivity contribution in [1.82, 2.24) is 0 Å². The summed E-state index contributed by atoms with van der Waals surface area (Å²) >= 11 is 11.7. The molecule has 0 aliphatic carbocycles. The molecule has 0 atom stereocenters. The van der Waals surface area contributed by atoms with Crippen LogP contribution >= 0.6 is 23.2 Å². The molecule has 0 spiro atoms. The first-order valence-corrected chi connectivity index (χ1v) is 6.08. The van der Waals surface area contributed by atoms with E-state index in [-0.39, 0.29) is 12.4 Å². The molecule has 2 rings (SSSR count). The molecule has 18 heavy (non-hydrogen) atoms. The maximum absolute atomic E-state index is 11.8. The molecular formula is C14H10Cl2O2. The highest BCUT2D eigenvalue weighted by Gasteiger charge is 2.08. The van der Waals surface area contributed by atoms with Crippen LogP contribution in [0.5, 0.6) is 5.75 Å². The second kappa shape index (κ2) is 5.89. The van der Waals surface area contributed by atoms with Crippen molar-refractivity contribution in [3.63, 3.8) is 0 Å². The second-order valence-corrected chi connectivity index (χ2v) is 4.49. The summed E-state index contributed by atoms with van der Waals surface area (Å²) in [7, 11) is 0. The predicted octanol–water partition coefficient (Wildman–Crippen LogP) is 4.26. The molecule has 0 saturated heterocycles. The van der Waals surface area contributed by atoms with Crippen LogP contribution in [0.4, 0.5) is 0 Å². The topological polar surface area (TPSA) is 26.3 Å². The van der Waals surface area contributed by atoms with E-state index in [1.807, 2.05) is 0 Å². The molecule has 4 heteroatoms. The standard InChI is InChI=1S/C14H10Cl2O2/c15-11-7-5-10(6-8-11)13(17)9-18-14-4-2-1-3-12(14)16/h1-8H,9H2. The predicted molar refractivity (Wildman–Crippen MR) is 72.7 cm³/mol. The van der Waals surface area contributed by atoms with Gasteiger partial charge in [-0.2, -0.15) is 0 Å². The molecule has 2 nitrogen and oxygen atoms in total. The van der Waals surface area contributed by atoms with E-state index in [9.17, 15) is 4.79 Å². The Hall–Kier alpha value is -1.51. The van der Waals surface area contributed by atoms with Gasteiger partial charge in [0.15, 0.2) is 12.4 Å². The average molecular weight is 281 g/mol. The van der Waals surface area contributed by atoms with E-state index in [0.717, 1.165) is 0 Å². The third-order valence-corrected chi connectivity index (χ3v) is 2.93. The van der Waals surface area contributed by atoms with Gasteiger partial charge in [-0.3, -0.25) is 4.79 Å². The molecule has 0 aromatic heterocycles. The molecule has 0 N–H and O–H groups in total. The Morgan fingerprint density at radius 2 is 1.67 bits per heavy atom. The maximum atomic E-state index is 11.8. The van der Waals surface area contributed by atoms with Crippen molar-refractivity contribution in [3.05, 3.63) is 64.1 Å². The van der Waals surface area contributed by atoms with E-state index in [1.54, 1.807) is 48.5 Å². The van der Waals surface area contributed by atoms with Crippen LogP contribution in [0.15, 0.2) is 48.5 Å². The van der Waals surface area contributed by atoms with Gasteiger partial charge in [0.1, 0.15) is 5.75 Å². The summed E-state index contributed by atoms with van der Waals surface area (Å²) in [4.78, 5) is 11.8. The van der Waals surface area contributed by atoms with Gasteiger partial charge in [0.05, 0.1) is 5.02 Å². The van der Waals surface area contributed by atoms with Gasteiger partial charge in [0.2, 0.25) is 0 Å².